The molecule has 0 aliphatic carbocycles. The number of carboxylic acids is 1. The third kappa shape index (κ3) is 37.3. The van der Waals surface area contributed by atoms with Crippen molar-refractivity contribution < 1.29 is 17.5 Å². The summed E-state index contributed by atoms with van der Waals surface area (Å²) in [5.41, 5.74) is 0. The number of rotatable bonds is 21. The van der Waals surface area contributed by atoms with E-state index in [-0.39, 0.29) is 0 Å². The van der Waals surface area contributed by atoms with Gasteiger partial charge in [-0.1, -0.05) is 83.3 Å². The van der Waals surface area contributed by atoms with Gasteiger partial charge >= 0.3 is 21.9 Å². The van der Waals surface area contributed by atoms with Gasteiger partial charge in [-0.25, -0.2) is 0 Å². The van der Waals surface area contributed by atoms with E-state index in [1.54, 1.807) is 0 Å². The predicted molar refractivity (Wildman–Crippen MR) is 136 cm³/mol. The first-order valence-electron chi connectivity index (χ1n) is 13.0. The van der Waals surface area contributed by atoms with Crippen LogP contribution in [0.4, 0.5) is 0 Å². The Morgan fingerprint density at radius 3 is 1.48 bits per heavy atom. The molecule has 0 aliphatic rings. The second kappa shape index (κ2) is 27.7. The summed E-state index contributed by atoms with van der Waals surface area (Å²) in [6.07, 6.45) is 24.8. The van der Waals surface area contributed by atoms with E-state index in [0.29, 0.717) is 18.6 Å². The van der Waals surface area contributed by atoms with Crippen LogP contribution in [0.1, 0.15) is 137 Å². The molecule has 0 radical (unpaired) electrons. The Bertz CT molecular complexity index is 376. The fourth-order valence-electron chi connectivity index (χ4n) is 3.01. The first-order valence-corrected chi connectivity index (χ1v) is 14.2. The molecule has 0 spiro atoms. The molecule has 0 unspecified atom stereocenters. The van der Waals surface area contributed by atoms with Crippen molar-refractivity contribution in [2.75, 3.05) is 0 Å². The number of hydrogen-bond donors (Lipinski definition) is 1. The second-order valence-electron chi connectivity index (χ2n) is 8.98. The molecule has 5 heteroatoms. The average Bonchev–Trinajstić information content (AvgIpc) is 2.70. The Morgan fingerprint density at radius 1 is 0.710 bits per heavy atom. The standard InChI is InChI=1S/C20H38O2.2C3H7O.Al.H/c1-2-3-4-5-6-7-8-9-10-11-12-13-14-15-16-17-18-19-20(21)22;2*1-3(2)4;;/h9-10H,2-8,11-19H2,1H3,(H,21,22);2*3H,1-2H3;;/q;2*-1;+2;/b10-9-;;;;. The molecule has 0 aromatic carbocycles. The van der Waals surface area contributed by atoms with Gasteiger partial charge in [-0.2, -0.15) is 0 Å². The van der Waals surface area contributed by atoms with Crippen molar-refractivity contribution in [2.45, 2.75) is 150 Å². The third-order valence-corrected chi connectivity index (χ3v) is 6.56. The number of hydrogen-bond acceptors (Lipinski definition) is 3. The van der Waals surface area contributed by atoms with E-state index in [1.165, 1.54) is 83.5 Å². The van der Waals surface area contributed by atoms with Crippen LogP contribution in [0.5, 0.6) is 0 Å². The molecule has 4 nitrogen and oxygen atoms in total. The second-order valence-corrected chi connectivity index (χ2v) is 9.89. The maximum atomic E-state index is 10.4. The molecule has 0 fully saturated rings. The summed E-state index contributed by atoms with van der Waals surface area (Å²) in [4.78, 5) is 10.4. The van der Waals surface area contributed by atoms with Gasteiger partial charge in [0.25, 0.3) is 0 Å². The van der Waals surface area contributed by atoms with Crippen LogP contribution in [0.25, 0.3) is 0 Å². The van der Waals surface area contributed by atoms with Gasteiger partial charge in [0.05, 0.1) is 0 Å². The lowest BCUT2D eigenvalue weighted by atomic mass is 10.1. The largest absolute Gasteiger partial charge is 0.650 e. The molecule has 31 heavy (non-hydrogen) atoms. The van der Waals surface area contributed by atoms with Crippen molar-refractivity contribution in [3.05, 3.63) is 12.2 Å². The molecule has 184 valence electrons. The van der Waals surface area contributed by atoms with Crippen molar-refractivity contribution in [2.24, 2.45) is 0 Å². The Kier molecular flexibility index (Phi) is 29.3. The Labute approximate surface area is 200 Å². The lowest BCUT2D eigenvalue weighted by Crippen LogP contribution is -2.14. The highest BCUT2D eigenvalue weighted by Gasteiger charge is 2.01. The third-order valence-electron chi connectivity index (χ3n) is 4.96. The molecule has 0 saturated carbocycles. The number of allylic oxidation sites excluding steroid dienone is 2. The Hall–Kier alpha value is -0.338. The van der Waals surface area contributed by atoms with Gasteiger partial charge in [-0.3, -0.25) is 4.79 Å². The molecule has 0 bridgehead atoms. The zero-order valence-electron chi connectivity index (χ0n) is 21.5. The van der Waals surface area contributed by atoms with Crippen LogP contribution in [0.15, 0.2) is 12.2 Å². The van der Waals surface area contributed by atoms with Crippen molar-refractivity contribution >= 4 is 21.9 Å². The van der Waals surface area contributed by atoms with Crippen molar-refractivity contribution in [1.82, 2.24) is 0 Å². The smallest absolute Gasteiger partial charge is 0.481 e. The van der Waals surface area contributed by atoms with Gasteiger partial charge in [0.15, 0.2) is 0 Å². The SMILES string of the molecule is CC(C)[O][AlH][O]C(C)C.CCCCCCCC/C=C\CCCCCCCCCC(=O)O. The molecule has 0 aromatic rings. The molecule has 0 saturated heterocycles. The summed E-state index contributed by atoms with van der Waals surface area (Å²) in [6, 6.07) is 0. The lowest BCUT2D eigenvalue weighted by Gasteiger charge is -2.09. The first-order chi connectivity index (χ1) is 14.9. The topological polar surface area (TPSA) is 55.8 Å². The van der Waals surface area contributed by atoms with E-state index in [0.717, 1.165) is 12.8 Å². The highest BCUT2D eigenvalue weighted by molar-refractivity contribution is 6.18. The summed E-state index contributed by atoms with van der Waals surface area (Å²) in [6.45, 7) is 10.4. The van der Waals surface area contributed by atoms with Gasteiger partial charge in [-0.15, -0.1) is 0 Å². The predicted octanol–water partition coefficient (Wildman–Crippen LogP) is 7.99. The van der Waals surface area contributed by atoms with Crippen LogP contribution in [0.3, 0.4) is 0 Å². The number of unbranched alkanes of at least 4 members (excludes halogenated alkanes) is 13. The van der Waals surface area contributed by atoms with E-state index >= 15 is 0 Å². The Balaban J connectivity index is 0. The van der Waals surface area contributed by atoms with Crippen molar-refractivity contribution in [1.29, 1.82) is 0 Å². The quantitative estimate of drug-likeness (QED) is 0.108. The van der Waals surface area contributed by atoms with Gasteiger partial charge in [0.2, 0.25) is 0 Å². The van der Waals surface area contributed by atoms with E-state index in [9.17, 15) is 4.79 Å². The summed E-state index contributed by atoms with van der Waals surface area (Å²) in [5.74, 6) is -0.659. The van der Waals surface area contributed by atoms with Crippen molar-refractivity contribution in [3.8, 4) is 0 Å². The van der Waals surface area contributed by atoms with Gasteiger partial charge in [-0.05, 0) is 59.8 Å². The number of carbonyl (C=O) groups is 1. The molecule has 0 aliphatic heterocycles. The van der Waals surface area contributed by atoms with Crippen LogP contribution < -0.4 is 0 Å². The van der Waals surface area contributed by atoms with E-state index in [1.807, 2.05) is 27.7 Å². The minimum absolute atomic E-state index is 0.329. The van der Waals surface area contributed by atoms with Crippen LogP contribution >= 0.6 is 0 Å². The number of aliphatic carboxylic acids is 1. The van der Waals surface area contributed by atoms with Crippen LogP contribution in [0.2, 0.25) is 0 Å². The van der Waals surface area contributed by atoms with E-state index < -0.39 is 21.9 Å². The van der Waals surface area contributed by atoms with Gasteiger partial charge in [0, 0.05) is 18.6 Å². The zero-order valence-corrected chi connectivity index (χ0v) is 22.9. The molecule has 1 N–H and O–H groups in total. The van der Waals surface area contributed by atoms with Crippen LogP contribution in [-0.4, -0.2) is 39.2 Å². The summed E-state index contributed by atoms with van der Waals surface area (Å²) in [5, 5.41) is 8.53. The highest BCUT2D eigenvalue weighted by atomic mass is 27.2. The van der Waals surface area contributed by atoms with Crippen LogP contribution in [0, 0.1) is 0 Å². The minimum atomic E-state index is -0.684. The van der Waals surface area contributed by atoms with E-state index in [2.05, 4.69) is 19.1 Å². The summed E-state index contributed by atoms with van der Waals surface area (Å²) >= 11 is -0.684. The first kappa shape index (κ1) is 32.8. The van der Waals surface area contributed by atoms with Crippen LogP contribution in [-0.2, 0) is 12.4 Å². The molecule has 0 aromatic heterocycles. The highest BCUT2D eigenvalue weighted by Crippen LogP contribution is 2.11. The zero-order chi connectivity index (χ0) is 23.6. The molecular formula is C26H53AlO4. The fourth-order valence-corrected chi connectivity index (χ4v) is 3.63. The monoisotopic (exact) mass is 456 g/mol. The van der Waals surface area contributed by atoms with Crippen molar-refractivity contribution in [3.63, 3.8) is 0 Å². The van der Waals surface area contributed by atoms with Gasteiger partial charge in [0.1, 0.15) is 0 Å². The fraction of sp³-hybridized carbons (Fsp3) is 0.885. The van der Waals surface area contributed by atoms with E-state index in [4.69, 9.17) is 12.7 Å². The average molecular weight is 457 g/mol. The minimum Gasteiger partial charge on any atom is -0.481 e. The lowest BCUT2D eigenvalue weighted by molar-refractivity contribution is -0.137. The maximum absolute atomic E-state index is 10.4. The molecule has 0 rings (SSSR count). The number of carboxylic acid groups (broad SMARTS) is 1. The normalized spacial score (nSPS) is 11.2. The molecule has 0 amide bonds. The Morgan fingerprint density at radius 2 is 1.10 bits per heavy atom. The molecular weight excluding hydrogens is 403 g/mol. The maximum Gasteiger partial charge on any atom is 0.650 e. The summed E-state index contributed by atoms with van der Waals surface area (Å²) in [7, 11) is 0. The molecule has 0 heterocycles. The summed E-state index contributed by atoms with van der Waals surface area (Å²) < 4.78 is 10.5. The van der Waals surface area contributed by atoms with Gasteiger partial charge < -0.3 is 12.7 Å². The molecule has 0 atom stereocenters.